The number of rotatable bonds is 3. The van der Waals surface area contributed by atoms with Crippen LogP contribution in [0.2, 0.25) is 0 Å². The van der Waals surface area contributed by atoms with Crippen LogP contribution in [0.5, 0.6) is 0 Å². The Labute approximate surface area is 169 Å². The number of aromatic nitrogens is 2. The minimum Gasteiger partial charge on any atom is -0.321 e. The number of fused-ring (bicyclic) bond motifs is 2. The van der Waals surface area contributed by atoms with E-state index < -0.39 is 0 Å². The molecule has 6 heteroatoms. The maximum absolute atomic E-state index is 13.0. The molecular formula is C23H22N4O2. The monoisotopic (exact) mass is 386 g/mol. The highest BCUT2D eigenvalue weighted by atomic mass is 16.2. The largest absolute Gasteiger partial charge is 0.321 e. The summed E-state index contributed by atoms with van der Waals surface area (Å²) in [7, 11) is 0. The van der Waals surface area contributed by atoms with Crippen molar-refractivity contribution in [2.24, 2.45) is 0 Å². The van der Waals surface area contributed by atoms with E-state index in [0.29, 0.717) is 12.2 Å². The number of nitrogens with one attached hydrogen (secondary N) is 1. The van der Waals surface area contributed by atoms with Gasteiger partial charge in [0.2, 0.25) is 5.91 Å². The van der Waals surface area contributed by atoms with Crippen molar-refractivity contribution >= 4 is 23.2 Å². The van der Waals surface area contributed by atoms with Crippen LogP contribution < -0.4 is 10.2 Å². The van der Waals surface area contributed by atoms with Crippen LogP contribution in [0.25, 0.3) is 5.69 Å². The first-order chi connectivity index (χ1) is 14.1. The fourth-order valence-electron chi connectivity index (χ4n) is 4.40. The molecule has 0 radical (unpaired) electrons. The Bertz CT molecular complexity index is 1120. The summed E-state index contributed by atoms with van der Waals surface area (Å²) in [6.07, 6.45) is 3.66. The van der Waals surface area contributed by atoms with Crippen molar-refractivity contribution in [3.8, 4) is 5.69 Å². The van der Waals surface area contributed by atoms with Crippen LogP contribution in [-0.2, 0) is 24.1 Å². The quantitative estimate of drug-likeness (QED) is 0.749. The van der Waals surface area contributed by atoms with Crippen LogP contribution in [0.3, 0.4) is 0 Å². The lowest BCUT2D eigenvalue weighted by molar-refractivity contribution is -0.116. The number of para-hydroxylation sites is 1. The molecule has 1 N–H and O–H groups in total. The zero-order chi connectivity index (χ0) is 20.0. The van der Waals surface area contributed by atoms with Crippen molar-refractivity contribution in [3.05, 3.63) is 71.0 Å². The van der Waals surface area contributed by atoms with Crippen molar-refractivity contribution in [1.29, 1.82) is 0 Å². The van der Waals surface area contributed by atoms with Gasteiger partial charge in [-0.2, -0.15) is 5.10 Å². The van der Waals surface area contributed by atoms with Crippen LogP contribution >= 0.6 is 0 Å². The predicted molar refractivity (Wildman–Crippen MR) is 112 cm³/mol. The van der Waals surface area contributed by atoms with Gasteiger partial charge >= 0.3 is 0 Å². The van der Waals surface area contributed by atoms with Crippen LogP contribution in [0, 0.1) is 0 Å². The van der Waals surface area contributed by atoms with E-state index in [-0.39, 0.29) is 11.8 Å². The second kappa shape index (κ2) is 6.88. The Balaban J connectivity index is 1.43. The van der Waals surface area contributed by atoms with Crippen molar-refractivity contribution in [3.63, 3.8) is 0 Å². The summed E-state index contributed by atoms with van der Waals surface area (Å²) in [5, 5.41) is 7.67. The summed E-state index contributed by atoms with van der Waals surface area (Å²) >= 11 is 0. The molecule has 0 unspecified atom stereocenters. The average molecular weight is 386 g/mol. The highest BCUT2D eigenvalue weighted by molar-refractivity contribution is 6.04. The Morgan fingerprint density at radius 3 is 2.66 bits per heavy atom. The lowest BCUT2D eigenvalue weighted by atomic mass is 10.1. The number of anilines is 2. The van der Waals surface area contributed by atoms with E-state index in [1.165, 1.54) is 0 Å². The van der Waals surface area contributed by atoms with Crippen LogP contribution in [-0.4, -0.2) is 28.1 Å². The molecule has 146 valence electrons. The lowest BCUT2D eigenvalue weighted by Gasteiger charge is -2.15. The minimum absolute atomic E-state index is 0.0440. The fraction of sp³-hybridized carbons (Fsp3) is 0.261. The molecule has 5 rings (SSSR count). The summed E-state index contributed by atoms with van der Waals surface area (Å²) in [6, 6.07) is 15.7. The summed E-state index contributed by atoms with van der Waals surface area (Å²) < 4.78 is 1.91. The van der Waals surface area contributed by atoms with E-state index in [9.17, 15) is 9.59 Å². The van der Waals surface area contributed by atoms with Gasteiger partial charge in [0, 0.05) is 36.1 Å². The molecule has 0 atom stereocenters. The zero-order valence-corrected chi connectivity index (χ0v) is 16.3. The molecular weight excluding hydrogens is 364 g/mol. The second-order valence-electron chi connectivity index (χ2n) is 7.59. The van der Waals surface area contributed by atoms with Gasteiger partial charge in [0.15, 0.2) is 5.69 Å². The Morgan fingerprint density at radius 2 is 1.86 bits per heavy atom. The molecule has 0 saturated carbocycles. The minimum atomic E-state index is -0.181. The SMILES string of the molecule is CC(=O)N1CCc2cc(NC(=O)c3nn(-c4ccccc4)c4c3CCC4)ccc21. The molecule has 0 fully saturated rings. The van der Waals surface area contributed by atoms with Crippen LogP contribution in [0.1, 0.15) is 40.7 Å². The molecule has 0 bridgehead atoms. The number of nitrogens with zero attached hydrogens (tertiary/aromatic N) is 3. The van der Waals surface area contributed by atoms with Crippen molar-refractivity contribution in [2.45, 2.75) is 32.6 Å². The third-order valence-electron chi connectivity index (χ3n) is 5.76. The summed E-state index contributed by atoms with van der Waals surface area (Å²) in [4.78, 5) is 26.5. The first kappa shape index (κ1) is 17.7. The van der Waals surface area contributed by atoms with Crippen LogP contribution in [0.4, 0.5) is 11.4 Å². The Morgan fingerprint density at radius 1 is 1.03 bits per heavy atom. The summed E-state index contributed by atoms with van der Waals surface area (Å²) in [6.45, 7) is 2.27. The molecule has 0 saturated heterocycles. The number of amides is 2. The average Bonchev–Trinajstić information content (AvgIpc) is 3.43. The van der Waals surface area contributed by atoms with E-state index in [2.05, 4.69) is 10.4 Å². The Kier molecular flexibility index (Phi) is 4.19. The normalized spacial score (nSPS) is 14.6. The highest BCUT2D eigenvalue weighted by Crippen LogP contribution is 2.32. The smallest absolute Gasteiger partial charge is 0.276 e. The van der Waals surface area contributed by atoms with Gasteiger partial charge < -0.3 is 10.2 Å². The van der Waals surface area contributed by atoms with Gasteiger partial charge in [-0.15, -0.1) is 0 Å². The Hall–Kier alpha value is -3.41. The second-order valence-corrected chi connectivity index (χ2v) is 7.59. The van der Waals surface area contributed by atoms with Crippen molar-refractivity contribution in [2.75, 3.05) is 16.8 Å². The van der Waals surface area contributed by atoms with Crippen molar-refractivity contribution < 1.29 is 9.59 Å². The molecule has 1 aliphatic heterocycles. The van der Waals surface area contributed by atoms with E-state index in [0.717, 1.165) is 59.6 Å². The number of benzene rings is 2. The predicted octanol–water partition coefficient (Wildman–Crippen LogP) is 3.52. The molecule has 6 nitrogen and oxygen atoms in total. The standard InChI is InChI=1S/C23H22N4O2/c1-15(28)26-13-12-16-14-17(10-11-20(16)26)24-23(29)22-19-8-5-9-21(19)27(25-22)18-6-3-2-4-7-18/h2-4,6-7,10-11,14H,5,8-9,12-13H2,1H3,(H,24,29). The van der Waals surface area contributed by atoms with E-state index in [1.807, 2.05) is 53.2 Å². The van der Waals surface area contributed by atoms with E-state index in [4.69, 9.17) is 0 Å². The molecule has 2 amide bonds. The molecule has 1 aromatic heterocycles. The molecule has 2 aromatic carbocycles. The highest BCUT2D eigenvalue weighted by Gasteiger charge is 2.27. The first-order valence-electron chi connectivity index (χ1n) is 10.0. The first-order valence-corrected chi connectivity index (χ1v) is 10.0. The molecule has 3 aromatic rings. The summed E-state index contributed by atoms with van der Waals surface area (Å²) in [5.74, 6) is -0.137. The maximum atomic E-state index is 13.0. The number of carbonyl (C=O) groups is 2. The molecule has 29 heavy (non-hydrogen) atoms. The lowest BCUT2D eigenvalue weighted by Crippen LogP contribution is -2.25. The fourth-order valence-corrected chi connectivity index (χ4v) is 4.40. The molecule has 1 aliphatic carbocycles. The maximum Gasteiger partial charge on any atom is 0.276 e. The van der Waals surface area contributed by atoms with Gasteiger partial charge in [0.25, 0.3) is 5.91 Å². The molecule has 2 heterocycles. The van der Waals surface area contributed by atoms with Gasteiger partial charge in [0.1, 0.15) is 0 Å². The zero-order valence-electron chi connectivity index (χ0n) is 16.3. The van der Waals surface area contributed by atoms with E-state index >= 15 is 0 Å². The van der Waals surface area contributed by atoms with Crippen molar-refractivity contribution in [1.82, 2.24) is 9.78 Å². The number of carbonyl (C=O) groups excluding carboxylic acids is 2. The third-order valence-corrected chi connectivity index (χ3v) is 5.76. The molecule has 2 aliphatic rings. The van der Waals surface area contributed by atoms with Gasteiger partial charge in [-0.3, -0.25) is 9.59 Å². The van der Waals surface area contributed by atoms with Crippen LogP contribution in [0.15, 0.2) is 48.5 Å². The van der Waals surface area contributed by atoms with E-state index in [1.54, 1.807) is 11.8 Å². The number of hydrogen-bond acceptors (Lipinski definition) is 3. The van der Waals surface area contributed by atoms with Gasteiger partial charge in [-0.25, -0.2) is 4.68 Å². The topological polar surface area (TPSA) is 67.2 Å². The summed E-state index contributed by atoms with van der Waals surface area (Å²) in [5.41, 5.74) is 6.42. The molecule has 0 spiro atoms. The third kappa shape index (κ3) is 3.01. The van der Waals surface area contributed by atoms with Gasteiger partial charge in [-0.05, 0) is 61.6 Å². The van der Waals surface area contributed by atoms with Gasteiger partial charge in [0.05, 0.1) is 5.69 Å². The number of hydrogen-bond donors (Lipinski definition) is 1. The van der Waals surface area contributed by atoms with Gasteiger partial charge in [-0.1, -0.05) is 18.2 Å².